The molecule has 2 rings (SSSR count). The van der Waals surface area contributed by atoms with Gasteiger partial charge in [-0.05, 0) is 25.9 Å². The quantitative estimate of drug-likeness (QED) is 0.761. The number of methoxy groups -OCH3 is 1. The first-order valence-corrected chi connectivity index (χ1v) is 8.54. The lowest BCUT2D eigenvalue weighted by Crippen LogP contribution is -2.47. The Morgan fingerprint density at radius 2 is 2.22 bits per heavy atom. The number of nitrogens with zero attached hydrogens (tertiary/aromatic N) is 2. The second kappa shape index (κ2) is 8.45. The zero-order chi connectivity index (χ0) is 16.7. The minimum Gasteiger partial charge on any atom is -0.384 e. The zero-order valence-electron chi connectivity index (χ0n) is 14.6. The van der Waals surface area contributed by atoms with Crippen LogP contribution in [0.25, 0.3) is 0 Å². The summed E-state index contributed by atoms with van der Waals surface area (Å²) in [5.74, 6) is 1.50. The molecular weight excluding hydrogens is 292 g/mol. The van der Waals surface area contributed by atoms with E-state index in [0.717, 1.165) is 31.8 Å². The van der Waals surface area contributed by atoms with Crippen LogP contribution in [0.15, 0.2) is 12.4 Å². The number of aromatic nitrogens is 2. The van der Waals surface area contributed by atoms with Gasteiger partial charge in [-0.15, -0.1) is 0 Å². The summed E-state index contributed by atoms with van der Waals surface area (Å²) >= 11 is 0. The number of hydrogen-bond acceptors (Lipinski definition) is 4. The van der Waals surface area contributed by atoms with Crippen LogP contribution in [-0.4, -0.2) is 48.8 Å². The summed E-state index contributed by atoms with van der Waals surface area (Å²) in [6.45, 7) is 8.29. The van der Waals surface area contributed by atoms with E-state index in [4.69, 9.17) is 4.74 Å². The van der Waals surface area contributed by atoms with Gasteiger partial charge >= 0.3 is 0 Å². The second-order valence-corrected chi connectivity index (χ2v) is 6.84. The fraction of sp³-hybridized carbons (Fsp3) is 0.765. The molecule has 1 amide bonds. The van der Waals surface area contributed by atoms with Gasteiger partial charge in [0.1, 0.15) is 5.82 Å². The van der Waals surface area contributed by atoms with Crippen molar-refractivity contribution < 1.29 is 9.53 Å². The molecule has 1 fully saturated rings. The first kappa shape index (κ1) is 17.9. The van der Waals surface area contributed by atoms with Gasteiger partial charge in [0.05, 0.1) is 6.61 Å². The molecule has 2 heterocycles. The minimum atomic E-state index is 0.0771. The molecule has 0 atom stereocenters. The highest BCUT2D eigenvalue weighted by molar-refractivity contribution is 5.75. The van der Waals surface area contributed by atoms with Crippen LogP contribution in [0.1, 0.15) is 44.9 Å². The molecule has 1 saturated heterocycles. The molecule has 1 aromatic heterocycles. The minimum absolute atomic E-state index is 0.0771. The molecule has 0 unspecified atom stereocenters. The van der Waals surface area contributed by atoms with E-state index >= 15 is 0 Å². The highest BCUT2D eigenvalue weighted by Crippen LogP contribution is 2.28. The summed E-state index contributed by atoms with van der Waals surface area (Å²) in [5, 5.41) is 6.48. The normalized spacial score (nSPS) is 17.4. The summed E-state index contributed by atoms with van der Waals surface area (Å²) in [4.78, 5) is 16.6. The summed E-state index contributed by atoms with van der Waals surface area (Å²) < 4.78 is 7.46. The molecule has 2 N–H and O–H groups in total. The number of rotatable bonds is 8. The van der Waals surface area contributed by atoms with Crippen molar-refractivity contribution in [1.29, 1.82) is 0 Å². The molecule has 1 aliphatic rings. The van der Waals surface area contributed by atoms with E-state index in [1.807, 2.05) is 6.20 Å². The van der Waals surface area contributed by atoms with Crippen molar-refractivity contribution in [1.82, 2.24) is 20.2 Å². The fourth-order valence-corrected chi connectivity index (χ4v) is 3.24. The average molecular weight is 322 g/mol. The maximum Gasteiger partial charge on any atom is 0.221 e. The molecule has 130 valence electrons. The van der Waals surface area contributed by atoms with Gasteiger partial charge in [0, 0.05) is 50.3 Å². The fourth-order valence-electron chi connectivity index (χ4n) is 3.24. The van der Waals surface area contributed by atoms with Crippen molar-refractivity contribution >= 4 is 5.91 Å². The van der Waals surface area contributed by atoms with Gasteiger partial charge in [-0.2, -0.15) is 0 Å². The van der Waals surface area contributed by atoms with E-state index in [1.165, 1.54) is 0 Å². The number of ether oxygens (including phenoxy) is 1. The highest BCUT2D eigenvalue weighted by Gasteiger charge is 2.32. The number of amides is 1. The smallest absolute Gasteiger partial charge is 0.221 e. The standard InChI is InChI=1S/C17H30N4O2/c1-14(2)16-19-9-11-21(16)10-4-15(22)20-12-17(13-23-3)5-7-18-8-6-17/h9,11,14,18H,4-8,10,12-13H2,1-3H3,(H,20,22). The number of aryl methyl sites for hydroxylation is 1. The number of nitrogens with one attached hydrogen (secondary N) is 2. The molecule has 6 heteroatoms. The van der Waals surface area contributed by atoms with E-state index in [0.29, 0.717) is 32.0 Å². The van der Waals surface area contributed by atoms with Crippen molar-refractivity contribution in [2.45, 2.75) is 45.6 Å². The van der Waals surface area contributed by atoms with Crippen LogP contribution in [0, 0.1) is 5.41 Å². The van der Waals surface area contributed by atoms with E-state index in [9.17, 15) is 4.79 Å². The van der Waals surface area contributed by atoms with Crippen molar-refractivity contribution in [3.63, 3.8) is 0 Å². The van der Waals surface area contributed by atoms with Crippen LogP contribution in [-0.2, 0) is 16.1 Å². The molecule has 0 radical (unpaired) electrons. The van der Waals surface area contributed by atoms with Gasteiger partial charge in [-0.25, -0.2) is 4.98 Å². The van der Waals surface area contributed by atoms with Gasteiger partial charge in [-0.1, -0.05) is 13.8 Å². The molecular formula is C17H30N4O2. The molecule has 23 heavy (non-hydrogen) atoms. The lowest BCUT2D eigenvalue weighted by molar-refractivity contribution is -0.122. The van der Waals surface area contributed by atoms with Gasteiger partial charge in [0.2, 0.25) is 5.91 Å². The van der Waals surface area contributed by atoms with Gasteiger partial charge in [-0.3, -0.25) is 4.79 Å². The molecule has 0 bridgehead atoms. The summed E-state index contributed by atoms with van der Waals surface area (Å²) in [7, 11) is 1.73. The molecule has 6 nitrogen and oxygen atoms in total. The third-order valence-corrected chi connectivity index (χ3v) is 4.62. The Kier molecular flexibility index (Phi) is 6.59. The first-order valence-electron chi connectivity index (χ1n) is 8.54. The molecule has 0 aliphatic carbocycles. The third-order valence-electron chi connectivity index (χ3n) is 4.62. The van der Waals surface area contributed by atoms with Crippen LogP contribution in [0.3, 0.4) is 0 Å². The monoisotopic (exact) mass is 322 g/mol. The van der Waals surface area contributed by atoms with Crippen molar-refractivity contribution in [3.05, 3.63) is 18.2 Å². The van der Waals surface area contributed by atoms with Gasteiger partial charge in [0.25, 0.3) is 0 Å². The Morgan fingerprint density at radius 3 is 2.87 bits per heavy atom. The second-order valence-electron chi connectivity index (χ2n) is 6.84. The molecule has 0 aromatic carbocycles. The number of imidazole rings is 1. The Morgan fingerprint density at radius 1 is 1.48 bits per heavy atom. The van der Waals surface area contributed by atoms with Gasteiger partial charge in [0.15, 0.2) is 0 Å². The molecule has 1 aromatic rings. The van der Waals surface area contributed by atoms with Crippen molar-refractivity contribution in [2.24, 2.45) is 5.41 Å². The predicted molar refractivity (Wildman–Crippen MR) is 90.4 cm³/mol. The van der Waals surface area contributed by atoms with Crippen LogP contribution in [0.2, 0.25) is 0 Å². The summed E-state index contributed by atoms with van der Waals surface area (Å²) in [6, 6.07) is 0. The third kappa shape index (κ3) is 5.04. The maximum absolute atomic E-state index is 12.2. The Labute approximate surface area is 139 Å². The van der Waals surface area contributed by atoms with E-state index in [-0.39, 0.29) is 11.3 Å². The Bertz CT molecular complexity index is 487. The number of hydrogen-bond donors (Lipinski definition) is 2. The topological polar surface area (TPSA) is 68.2 Å². The first-order chi connectivity index (χ1) is 11.1. The number of carbonyl (C=O) groups excluding carboxylic acids is 1. The zero-order valence-corrected chi connectivity index (χ0v) is 14.6. The Hall–Kier alpha value is -1.40. The molecule has 0 saturated carbocycles. The SMILES string of the molecule is COCC1(CNC(=O)CCn2ccnc2C(C)C)CCNCC1. The van der Waals surface area contributed by atoms with E-state index < -0.39 is 0 Å². The largest absolute Gasteiger partial charge is 0.384 e. The Balaban J connectivity index is 1.81. The van der Waals surface area contributed by atoms with Crippen LogP contribution >= 0.6 is 0 Å². The van der Waals surface area contributed by atoms with Crippen molar-refractivity contribution in [3.8, 4) is 0 Å². The van der Waals surface area contributed by atoms with E-state index in [2.05, 4.69) is 34.0 Å². The molecule has 0 spiro atoms. The predicted octanol–water partition coefficient (Wildman–Crippen LogP) is 1.53. The van der Waals surface area contributed by atoms with Crippen LogP contribution in [0.4, 0.5) is 0 Å². The maximum atomic E-state index is 12.2. The lowest BCUT2D eigenvalue weighted by Gasteiger charge is -2.37. The lowest BCUT2D eigenvalue weighted by atomic mass is 9.79. The summed E-state index contributed by atoms with van der Waals surface area (Å²) in [6.07, 6.45) is 6.31. The average Bonchev–Trinajstić information content (AvgIpc) is 3.01. The number of piperidine rings is 1. The summed E-state index contributed by atoms with van der Waals surface area (Å²) in [5.41, 5.74) is 0.0771. The molecule has 1 aliphatic heterocycles. The number of carbonyl (C=O) groups is 1. The van der Waals surface area contributed by atoms with Crippen molar-refractivity contribution in [2.75, 3.05) is 33.4 Å². The van der Waals surface area contributed by atoms with Crippen LogP contribution < -0.4 is 10.6 Å². The van der Waals surface area contributed by atoms with Crippen LogP contribution in [0.5, 0.6) is 0 Å². The highest BCUT2D eigenvalue weighted by atomic mass is 16.5. The van der Waals surface area contributed by atoms with E-state index in [1.54, 1.807) is 13.3 Å². The van der Waals surface area contributed by atoms with Gasteiger partial charge < -0.3 is 19.9 Å².